The first-order valence-electron chi connectivity index (χ1n) is 9.73. The summed E-state index contributed by atoms with van der Waals surface area (Å²) >= 11 is 0. The molecule has 0 aliphatic rings. The summed E-state index contributed by atoms with van der Waals surface area (Å²) < 4.78 is 16.7. The first-order valence-corrected chi connectivity index (χ1v) is 9.73. The maximum absolute atomic E-state index is 6.22. The normalized spacial score (nSPS) is 12.0. The van der Waals surface area contributed by atoms with Crippen LogP contribution in [0.15, 0.2) is 42.6 Å². The number of H-pyrrole nitrogens is 1. The number of methoxy groups -OCH3 is 3. The molecule has 31 heavy (non-hydrogen) atoms. The van der Waals surface area contributed by atoms with Gasteiger partial charge in [-0.2, -0.15) is 4.98 Å². The van der Waals surface area contributed by atoms with Crippen LogP contribution in [0.2, 0.25) is 0 Å². The molecule has 0 aliphatic heterocycles. The van der Waals surface area contributed by atoms with Crippen molar-refractivity contribution in [3.8, 4) is 17.2 Å². The summed E-state index contributed by atoms with van der Waals surface area (Å²) in [7, 11) is 4.80. The Labute approximate surface area is 180 Å². The number of fused-ring (bicyclic) bond motifs is 1. The van der Waals surface area contributed by atoms with Gasteiger partial charge in [0.05, 0.1) is 26.8 Å². The Morgan fingerprint density at radius 3 is 2.23 bits per heavy atom. The minimum atomic E-state index is -0.148. The van der Waals surface area contributed by atoms with E-state index in [1.165, 1.54) is 0 Å². The lowest BCUT2D eigenvalue weighted by molar-refractivity contribution is 0.323. The van der Waals surface area contributed by atoms with E-state index in [0.717, 1.165) is 27.8 Å². The topological polar surface area (TPSA) is 121 Å². The van der Waals surface area contributed by atoms with Gasteiger partial charge in [-0.1, -0.05) is 6.07 Å². The van der Waals surface area contributed by atoms with Gasteiger partial charge in [-0.05, 0) is 53.9 Å². The maximum atomic E-state index is 6.22. The van der Waals surface area contributed by atoms with E-state index in [2.05, 4.69) is 15.0 Å². The summed E-state index contributed by atoms with van der Waals surface area (Å²) in [6, 6.07) is 11.9. The molecule has 0 bridgehead atoms. The lowest BCUT2D eigenvalue weighted by Crippen LogP contribution is -2.09. The molecule has 0 radical (unpaired) electrons. The van der Waals surface area contributed by atoms with Gasteiger partial charge in [-0.3, -0.25) is 0 Å². The summed E-state index contributed by atoms with van der Waals surface area (Å²) in [4.78, 5) is 11.8. The van der Waals surface area contributed by atoms with Crippen molar-refractivity contribution >= 4 is 22.7 Å². The minimum Gasteiger partial charge on any atom is -0.493 e. The number of anilines is 2. The quantitative estimate of drug-likeness (QED) is 0.436. The number of benzene rings is 2. The highest BCUT2D eigenvalue weighted by Crippen LogP contribution is 2.44. The Bertz CT molecular complexity index is 1210. The number of nitrogens with two attached hydrogens (primary N) is 2. The van der Waals surface area contributed by atoms with Gasteiger partial charge in [0.1, 0.15) is 5.82 Å². The molecule has 2 aromatic carbocycles. The molecule has 0 aliphatic carbocycles. The number of rotatable bonds is 6. The maximum Gasteiger partial charge on any atom is 0.222 e. The van der Waals surface area contributed by atoms with Gasteiger partial charge < -0.3 is 30.7 Å². The molecule has 0 amide bonds. The van der Waals surface area contributed by atoms with Gasteiger partial charge in [0.25, 0.3) is 0 Å². The third-order valence-electron chi connectivity index (χ3n) is 5.48. The predicted molar refractivity (Wildman–Crippen MR) is 121 cm³/mol. The predicted octanol–water partition coefficient (Wildman–Crippen LogP) is 3.64. The Hall–Kier alpha value is -3.94. The van der Waals surface area contributed by atoms with Crippen molar-refractivity contribution < 1.29 is 14.2 Å². The number of aromatic amines is 1. The molecule has 0 spiro atoms. The minimum absolute atomic E-state index is 0.148. The van der Waals surface area contributed by atoms with Gasteiger partial charge >= 0.3 is 0 Å². The Morgan fingerprint density at radius 1 is 0.935 bits per heavy atom. The summed E-state index contributed by atoms with van der Waals surface area (Å²) in [6.07, 6.45) is 1.90. The van der Waals surface area contributed by atoms with E-state index < -0.39 is 0 Å². The van der Waals surface area contributed by atoms with Crippen molar-refractivity contribution in [3.63, 3.8) is 0 Å². The standard InChI is InChI=1S/C23H25N5O3/c1-12-14(7-8-16-19(12)22(24)28-23(25)27-16)20(15-6-5-9-26-15)13-10-17(29-2)21(31-4)18(11-13)30-3/h5-11,20,26H,1-4H3,(H4,24,25,27,28). The van der Waals surface area contributed by atoms with Crippen LogP contribution in [0.5, 0.6) is 17.2 Å². The molecule has 1 atom stereocenters. The van der Waals surface area contributed by atoms with E-state index in [4.69, 9.17) is 25.7 Å². The van der Waals surface area contributed by atoms with Crippen LogP contribution in [0, 0.1) is 6.92 Å². The van der Waals surface area contributed by atoms with Crippen molar-refractivity contribution in [2.75, 3.05) is 32.8 Å². The van der Waals surface area contributed by atoms with Gasteiger partial charge in [-0.25, -0.2) is 4.98 Å². The Kier molecular flexibility index (Phi) is 5.29. The molecule has 4 aromatic rings. The van der Waals surface area contributed by atoms with E-state index in [0.29, 0.717) is 28.6 Å². The molecule has 2 heterocycles. The molecule has 160 valence electrons. The lowest BCUT2D eigenvalue weighted by atomic mass is 9.84. The van der Waals surface area contributed by atoms with Crippen LogP contribution in [0.4, 0.5) is 11.8 Å². The number of nitrogens with zero attached hydrogens (tertiary/aromatic N) is 2. The van der Waals surface area contributed by atoms with Crippen molar-refractivity contribution in [1.29, 1.82) is 0 Å². The third-order valence-corrected chi connectivity index (χ3v) is 5.48. The van der Waals surface area contributed by atoms with Crippen LogP contribution < -0.4 is 25.7 Å². The second kappa shape index (κ2) is 8.06. The molecule has 4 rings (SSSR count). The van der Waals surface area contributed by atoms with Crippen LogP contribution in [-0.4, -0.2) is 36.3 Å². The van der Waals surface area contributed by atoms with E-state index in [-0.39, 0.29) is 11.9 Å². The van der Waals surface area contributed by atoms with E-state index >= 15 is 0 Å². The molecule has 2 aromatic heterocycles. The number of hydrogen-bond donors (Lipinski definition) is 3. The van der Waals surface area contributed by atoms with E-state index in [1.807, 2.05) is 49.5 Å². The molecule has 0 fully saturated rings. The number of aromatic nitrogens is 3. The zero-order valence-corrected chi connectivity index (χ0v) is 17.9. The monoisotopic (exact) mass is 419 g/mol. The average molecular weight is 419 g/mol. The van der Waals surface area contributed by atoms with Crippen molar-refractivity contribution in [1.82, 2.24) is 15.0 Å². The van der Waals surface area contributed by atoms with Crippen LogP contribution in [0.3, 0.4) is 0 Å². The molecule has 8 nitrogen and oxygen atoms in total. The highest BCUT2D eigenvalue weighted by molar-refractivity contribution is 5.93. The zero-order chi connectivity index (χ0) is 22.1. The second-order valence-corrected chi connectivity index (χ2v) is 7.16. The number of aryl methyl sites for hydroxylation is 1. The van der Waals surface area contributed by atoms with E-state index in [9.17, 15) is 0 Å². The first-order chi connectivity index (χ1) is 15.0. The first kappa shape index (κ1) is 20.3. The average Bonchev–Trinajstić information content (AvgIpc) is 3.28. The SMILES string of the molecule is COc1cc(C(c2ccc[nH]2)c2ccc3nc(N)nc(N)c3c2C)cc(OC)c1OC. The fourth-order valence-electron chi connectivity index (χ4n) is 4.09. The Balaban J connectivity index is 2.00. The Morgan fingerprint density at radius 2 is 1.65 bits per heavy atom. The van der Waals surface area contributed by atoms with Gasteiger partial charge in [0.15, 0.2) is 11.5 Å². The fourth-order valence-corrected chi connectivity index (χ4v) is 4.09. The highest BCUT2D eigenvalue weighted by atomic mass is 16.5. The largest absolute Gasteiger partial charge is 0.493 e. The fraction of sp³-hybridized carbons (Fsp3) is 0.217. The zero-order valence-electron chi connectivity index (χ0n) is 17.9. The number of ether oxygens (including phenoxy) is 3. The van der Waals surface area contributed by atoms with Crippen LogP contribution >= 0.6 is 0 Å². The molecule has 1 unspecified atom stereocenters. The summed E-state index contributed by atoms with van der Waals surface area (Å²) in [5, 5.41) is 0.788. The van der Waals surface area contributed by atoms with Crippen molar-refractivity contribution in [2.45, 2.75) is 12.8 Å². The molecular weight excluding hydrogens is 394 g/mol. The summed E-state index contributed by atoms with van der Waals surface area (Å²) in [5.74, 6) is 2.08. The van der Waals surface area contributed by atoms with Crippen LogP contribution in [-0.2, 0) is 0 Å². The highest BCUT2D eigenvalue weighted by Gasteiger charge is 2.25. The number of nitrogens with one attached hydrogen (secondary N) is 1. The molecular formula is C23H25N5O3. The molecule has 5 N–H and O–H groups in total. The van der Waals surface area contributed by atoms with Crippen molar-refractivity contribution in [3.05, 3.63) is 65.0 Å². The lowest BCUT2D eigenvalue weighted by Gasteiger charge is -2.23. The molecule has 0 saturated heterocycles. The number of nitrogen functional groups attached to an aromatic ring is 2. The van der Waals surface area contributed by atoms with Gasteiger partial charge in [0, 0.05) is 23.2 Å². The molecule has 8 heteroatoms. The second-order valence-electron chi connectivity index (χ2n) is 7.16. The molecule has 0 saturated carbocycles. The summed E-state index contributed by atoms with van der Waals surface area (Å²) in [5.41, 5.74) is 16.7. The van der Waals surface area contributed by atoms with Gasteiger partial charge in [0.2, 0.25) is 11.7 Å². The van der Waals surface area contributed by atoms with Crippen LogP contribution in [0.25, 0.3) is 10.9 Å². The summed E-state index contributed by atoms with van der Waals surface area (Å²) in [6.45, 7) is 2.02. The van der Waals surface area contributed by atoms with Crippen molar-refractivity contribution in [2.24, 2.45) is 0 Å². The van der Waals surface area contributed by atoms with E-state index in [1.54, 1.807) is 21.3 Å². The van der Waals surface area contributed by atoms with Gasteiger partial charge in [-0.15, -0.1) is 0 Å². The smallest absolute Gasteiger partial charge is 0.222 e. The van der Waals surface area contributed by atoms with Crippen LogP contribution in [0.1, 0.15) is 28.3 Å². The third kappa shape index (κ3) is 3.46. The number of hydrogen-bond acceptors (Lipinski definition) is 7.